The first kappa shape index (κ1) is 14.0. The van der Waals surface area contributed by atoms with Crippen LogP contribution in [0.25, 0.3) is 0 Å². The number of phenols is 2. The van der Waals surface area contributed by atoms with Crippen molar-refractivity contribution in [3.63, 3.8) is 0 Å². The minimum Gasteiger partial charge on any atom is -0.504 e. The molecule has 4 rings (SSSR count). The van der Waals surface area contributed by atoms with Crippen molar-refractivity contribution in [1.82, 2.24) is 10.3 Å². The first-order valence-electron chi connectivity index (χ1n) is 7.94. The number of nitrogens with one attached hydrogen (secondary N) is 1. The molecule has 2 unspecified atom stereocenters. The maximum absolute atomic E-state index is 9.92. The molecule has 3 N–H and O–H groups in total. The topological polar surface area (TPSA) is 65.4 Å². The van der Waals surface area contributed by atoms with E-state index in [-0.39, 0.29) is 17.4 Å². The number of thiazole rings is 1. The van der Waals surface area contributed by atoms with Crippen LogP contribution in [0.1, 0.15) is 52.4 Å². The van der Waals surface area contributed by atoms with Gasteiger partial charge in [0.1, 0.15) is 0 Å². The average Bonchev–Trinajstić information content (AvgIpc) is 2.91. The summed E-state index contributed by atoms with van der Waals surface area (Å²) in [5.74, 6) is 0.212. The molecular weight excluding hydrogens is 296 g/mol. The molecule has 1 aromatic carbocycles. The largest absolute Gasteiger partial charge is 0.504 e. The third-order valence-corrected chi connectivity index (χ3v) is 5.99. The molecule has 1 aliphatic carbocycles. The van der Waals surface area contributed by atoms with Gasteiger partial charge in [-0.15, -0.1) is 11.3 Å². The van der Waals surface area contributed by atoms with Gasteiger partial charge < -0.3 is 15.5 Å². The van der Waals surface area contributed by atoms with Crippen LogP contribution in [0.2, 0.25) is 0 Å². The van der Waals surface area contributed by atoms with E-state index < -0.39 is 0 Å². The molecule has 2 heterocycles. The predicted molar refractivity (Wildman–Crippen MR) is 86.7 cm³/mol. The maximum Gasteiger partial charge on any atom is 0.157 e. The fourth-order valence-corrected chi connectivity index (χ4v) is 5.08. The van der Waals surface area contributed by atoms with E-state index in [2.05, 4.69) is 12.2 Å². The second-order valence-electron chi connectivity index (χ2n) is 6.21. The fourth-order valence-electron chi connectivity index (χ4n) is 3.71. The first-order valence-corrected chi connectivity index (χ1v) is 8.75. The Hall–Kier alpha value is -1.59. The van der Waals surface area contributed by atoms with Crippen molar-refractivity contribution in [2.75, 3.05) is 0 Å². The summed E-state index contributed by atoms with van der Waals surface area (Å²) >= 11 is 1.82. The molecular formula is C17H20N2O2S. The van der Waals surface area contributed by atoms with Crippen LogP contribution in [0.15, 0.2) is 12.1 Å². The van der Waals surface area contributed by atoms with Gasteiger partial charge in [0.25, 0.3) is 0 Å². The van der Waals surface area contributed by atoms with E-state index in [0.29, 0.717) is 6.04 Å². The molecule has 22 heavy (non-hydrogen) atoms. The quantitative estimate of drug-likeness (QED) is 0.745. The molecule has 0 radical (unpaired) electrons. The average molecular weight is 316 g/mol. The van der Waals surface area contributed by atoms with Gasteiger partial charge in [-0.25, -0.2) is 4.98 Å². The third-order valence-electron chi connectivity index (χ3n) is 4.75. The number of phenolic OH excluding ortho intramolecular Hbond substituents is 2. The molecule has 0 fully saturated rings. The molecule has 1 aromatic heterocycles. The van der Waals surface area contributed by atoms with Crippen LogP contribution in [-0.2, 0) is 19.4 Å². The van der Waals surface area contributed by atoms with Crippen LogP contribution < -0.4 is 5.32 Å². The Morgan fingerprint density at radius 2 is 2.14 bits per heavy atom. The normalized spacial score (nSPS) is 22.8. The van der Waals surface area contributed by atoms with Crippen LogP contribution in [0, 0.1) is 0 Å². The summed E-state index contributed by atoms with van der Waals surface area (Å²) in [4.78, 5) is 6.13. The van der Waals surface area contributed by atoms with Crippen LogP contribution >= 0.6 is 11.3 Å². The molecule has 2 aromatic rings. The van der Waals surface area contributed by atoms with Crippen molar-refractivity contribution < 1.29 is 10.2 Å². The highest BCUT2D eigenvalue weighted by atomic mass is 32.1. The Morgan fingerprint density at radius 3 is 2.95 bits per heavy atom. The minimum absolute atomic E-state index is 0.0165. The molecule has 5 heteroatoms. The third kappa shape index (κ3) is 2.11. The van der Waals surface area contributed by atoms with Gasteiger partial charge in [-0.3, -0.25) is 0 Å². The van der Waals surface area contributed by atoms with Gasteiger partial charge in [0.15, 0.2) is 11.5 Å². The van der Waals surface area contributed by atoms with Crippen LogP contribution in [0.3, 0.4) is 0 Å². The predicted octanol–water partition coefficient (Wildman–Crippen LogP) is 3.06. The maximum atomic E-state index is 9.92. The summed E-state index contributed by atoms with van der Waals surface area (Å²) in [5.41, 5.74) is 3.46. The van der Waals surface area contributed by atoms with E-state index in [0.717, 1.165) is 49.0 Å². The van der Waals surface area contributed by atoms with Crippen LogP contribution in [-0.4, -0.2) is 21.2 Å². The van der Waals surface area contributed by atoms with Gasteiger partial charge >= 0.3 is 0 Å². The zero-order valence-electron chi connectivity index (χ0n) is 12.6. The zero-order valence-corrected chi connectivity index (χ0v) is 13.4. The Morgan fingerprint density at radius 1 is 1.32 bits per heavy atom. The highest BCUT2D eigenvalue weighted by Crippen LogP contribution is 2.45. The summed E-state index contributed by atoms with van der Waals surface area (Å²) in [6.45, 7) is 3.02. The lowest BCUT2D eigenvalue weighted by molar-refractivity contribution is 0.381. The van der Waals surface area contributed by atoms with Crippen LogP contribution in [0.4, 0.5) is 0 Å². The Labute approximate surface area is 133 Å². The summed E-state index contributed by atoms with van der Waals surface area (Å²) in [7, 11) is 0. The lowest BCUT2D eigenvalue weighted by atomic mass is 9.76. The van der Waals surface area contributed by atoms with Crippen molar-refractivity contribution in [3.05, 3.63) is 38.8 Å². The van der Waals surface area contributed by atoms with Crippen molar-refractivity contribution in [1.29, 1.82) is 0 Å². The lowest BCUT2D eigenvalue weighted by Gasteiger charge is -2.37. The highest BCUT2D eigenvalue weighted by molar-refractivity contribution is 7.11. The smallest absolute Gasteiger partial charge is 0.157 e. The molecule has 0 bridgehead atoms. The molecule has 2 atom stereocenters. The van der Waals surface area contributed by atoms with Crippen LogP contribution in [0.5, 0.6) is 11.5 Å². The monoisotopic (exact) mass is 316 g/mol. The van der Waals surface area contributed by atoms with Crippen molar-refractivity contribution >= 4 is 11.3 Å². The second-order valence-corrected chi connectivity index (χ2v) is 7.33. The molecule has 0 saturated carbocycles. The van der Waals surface area contributed by atoms with Gasteiger partial charge in [-0.05, 0) is 48.9 Å². The van der Waals surface area contributed by atoms with E-state index in [1.807, 2.05) is 11.3 Å². The van der Waals surface area contributed by atoms with Gasteiger partial charge in [0.2, 0.25) is 0 Å². The van der Waals surface area contributed by atoms with Gasteiger partial charge in [-0.1, -0.05) is 6.92 Å². The number of fused-ring (bicyclic) bond motifs is 5. The molecule has 0 amide bonds. The summed E-state index contributed by atoms with van der Waals surface area (Å²) in [6.07, 6.45) is 4.14. The Kier molecular flexibility index (Phi) is 3.35. The standard InChI is InChI=1S/C17H20N2O2S/c1-2-3-15-19-12-8-18-11-5-4-9-6-13(20)14(21)7-10(9)16(11)17(12)22-15/h6-7,11,16,18,20-21H,2-5,8H2,1H3. The van der Waals surface area contributed by atoms with E-state index in [9.17, 15) is 10.2 Å². The number of hydrogen-bond acceptors (Lipinski definition) is 5. The number of benzene rings is 1. The SMILES string of the molecule is CCCc1nc2c(s1)C1c3cc(O)c(O)cc3CCC1NC2. The van der Waals surface area contributed by atoms with E-state index in [1.54, 1.807) is 12.1 Å². The van der Waals surface area contributed by atoms with E-state index in [4.69, 9.17) is 4.98 Å². The van der Waals surface area contributed by atoms with Crippen molar-refractivity contribution in [3.8, 4) is 11.5 Å². The molecule has 1 aliphatic heterocycles. The Bertz CT molecular complexity index is 726. The number of aromatic hydroxyl groups is 2. The number of hydrogen-bond donors (Lipinski definition) is 3. The lowest BCUT2D eigenvalue weighted by Crippen LogP contribution is -2.42. The number of nitrogens with zero attached hydrogens (tertiary/aromatic N) is 1. The minimum atomic E-state index is -0.0233. The summed E-state index contributed by atoms with van der Waals surface area (Å²) in [6, 6.07) is 3.87. The number of rotatable bonds is 2. The first-order chi connectivity index (χ1) is 10.7. The molecule has 4 nitrogen and oxygen atoms in total. The van der Waals surface area contributed by atoms with Gasteiger partial charge in [0, 0.05) is 23.4 Å². The summed E-state index contributed by atoms with van der Waals surface area (Å²) in [5, 5.41) is 24.5. The van der Waals surface area contributed by atoms with Gasteiger partial charge in [0.05, 0.1) is 10.7 Å². The van der Waals surface area contributed by atoms with E-state index >= 15 is 0 Å². The van der Waals surface area contributed by atoms with Gasteiger partial charge in [-0.2, -0.15) is 0 Å². The molecule has 0 spiro atoms. The second kappa shape index (κ2) is 5.25. The summed E-state index contributed by atoms with van der Waals surface area (Å²) < 4.78 is 0. The van der Waals surface area contributed by atoms with Crippen molar-refractivity contribution in [2.45, 2.75) is 51.1 Å². The Balaban J connectivity index is 1.83. The highest BCUT2D eigenvalue weighted by Gasteiger charge is 2.37. The molecule has 2 aliphatic rings. The molecule has 0 saturated heterocycles. The number of aryl methyl sites for hydroxylation is 2. The zero-order chi connectivity index (χ0) is 15.3. The molecule has 116 valence electrons. The fraction of sp³-hybridized carbons (Fsp3) is 0.471. The number of aromatic nitrogens is 1. The van der Waals surface area contributed by atoms with Crippen molar-refractivity contribution in [2.24, 2.45) is 0 Å². The van der Waals surface area contributed by atoms with E-state index in [1.165, 1.54) is 9.88 Å².